The van der Waals surface area contributed by atoms with Crippen LogP contribution in [0.3, 0.4) is 0 Å². The summed E-state index contributed by atoms with van der Waals surface area (Å²) < 4.78 is 0. The van der Waals surface area contributed by atoms with Gasteiger partial charge < -0.3 is 5.32 Å². The van der Waals surface area contributed by atoms with Crippen molar-refractivity contribution in [3.8, 4) is 0 Å². The molecule has 0 saturated heterocycles. The van der Waals surface area contributed by atoms with E-state index in [0.717, 1.165) is 12.2 Å². The number of hydrogen-bond acceptors (Lipinski definition) is 3. The number of nitrogens with one attached hydrogen (secondary N) is 1. The van der Waals surface area contributed by atoms with Crippen LogP contribution in [0.2, 0.25) is 0 Å². The van der Waals surface area contributed by atoms with Crippen molar-refractivity contribution in [3.63, 3.8) is 0 Å². The largest absolute Gasteiger partial charge is 0.385 e. The SMILES string of the molecule is C=C(NCc1ccc([C@@H]2SC=N[C@@H]2C)cc1)[C@@H](C)CCCC. The lowest BCUT2D eigenvalue weighted by molar-refractivity contribution is 0.534. The van der Waals surface area contributed by atoms with E-state index in [0.29, 0.717) is 17.2 Å². The van der Waals surface area contributed by atoms with Gasteiger partial charge in [-0.2, -0.15) is 0 Å². The molecule has 120 valence electrons. The van der Waals surface area contributed by atoms with Crippen LogP contribution in [0.1, 0.15) is 56.4 Å². The lowest BCUT2D eigenvalue weighted by Crippen LogP contribution is -2.17. The highest BCUT2D eigenvalue weighted by Gasteiger charge is 2.22. The maximum absolute atomic E-state index is 4.43. The van der Waals surface area contributed by atoms with Gasteiger partial charge in [-0.3, -0.25) is 4.99 Å². The minimum absolute atomic E-state index is 0.383. The Kier molecular flexibility index (Phi) is 6.56. The van der Waals surface area contributed by atoms with Gasteiger partial charge >= 0.3 is 0 Å². The zero-order valence-electron chi connectivity index (χ0n) is 14.0. The average molecular weight is 317 g/mol. The molecule has 0 spiro atoms. The Morgan fingerprint density at radius 3 is 2.68 bits per heavy atom. The number of benzene rings is 1. The second kappa shape index (κ2) is 8.42. The minimum Gasteiger partial charge on any atom is -0.385 e. The van der Waals surface area contributed by atoms with Crippen LogP contribution < -0.4 is 5.32 Å². The van der Waals surface area contributed by atoms with Gasteiger partial charge in [-0.1, -0.05) is 57.5 Å². The molecule has 1 aromatic carbocycles. The van der Waals surface area contributed by atoms with Crippen LogP contribution in [0.15, 0.2) is 41.5 Å². The van der Waals surface area contributed by atoms with Crippen molar-refractivity contribution >= 4 is 17.3 Å². The summed E-state index contributed by atoms with van der Waals surface area (Å²) in [5, 5.41) is 3.96. The van der Waals surface area contributed by atoms with Gasteiger partial charge in [0.25, 0.3) is 0 Å². The molecule has 0 saturated carbocycles. The van der Waals surface area contributed by atoms with Crippen molar-refractivity contribution in [3.05, 3.63) is 47.7 Å². The molecular formula is C19H28N2S. The highest BCUT2D eigenvalue weighted by atomic mass is 32.2. The summed E-state index contributed by atoms with van der Waals surface area (Å²) in [7, 11) is 0. The number of rotatable bonds is 8. The molecule has 0 radical (unpaired) electrons. The van der Waals surface area contributed by atoms with Crippen molar-refractivity contribution in [1.82, 2.24) is 5.32 Å². The van der Waals surface area contributed by atoms with E-state index in [2.05, 4.69) is 61.9 Å². The predicted octanol–water partition coefficient (Wildman–Crippen LogP) is 5.32. The Balaban J connectivity index is 1.82. The first-order valence-corrected chi connectivity index (χ1v) is 9.24. The Bertz CT molecular complexity index is 507. The van der Waals surface area contributed by atoms with Gasteiger partial charge in [-0.25, -0.2) is 0 Å². The molecule has 0 bridgehead atoms. The highest BCUT2D eigenvalue weighted by molar-refractivity contribution is 8.12. The van der Waals surface area contributed by atoms with Gasteiger partial charge in [0.05, 0.1) is 16.8 Å². The van der Waals surface area contributed by atoms with E-state index in [4.69, 9.17) is 0 Å². The minimum atomic E-state index is 0.383. The molecule has 0 fully saturated rings. The van der Waals surface area contributed by atoms with E-state index in [-0.39, 0.29) is 0 Å². The maximum Gasteiger partial charge on any atom is 0.0640 e. The van der Waals surface area contributed by atoms with Crippen molar-refractivity contribution in [2.75, 3.05) is 0 Å². The average Bonchev–Trinajstić information content (AvgIpc) is 2.96. The van der Waals surface area contributed by atoms with E-state index in [1.54, 1.807) is 0 Å². The molecule has 1 aliphatic rings. The van der Waals surface area contributed by atoms with E-state index in [1.807, 2.05) is 17.3 Å². The summed E-state index contributed by atoms with van der Waals surface area (Å²) in [6, 6.07) is 9.30. The normalized spacial score (nSPS) is 21.8. The third-order valence-electron chi connectivity index (χ3n) is 4.35. The number of hydrogen-bond donors (Lipinski definition) is 1. The first kappa shape index (κ1) is 17.1. The van der Waals surface area contributed by atoms with Crippen LogP contribution in [0, 0.1) is 5.92 Å². The van der Waals surface area contributed by atoms with Crippen LogP contribution in [0.4, 0.5) is 0 Å². The first-order chi connectivity index (χ1) is 10.6. The highest BCUT2D eigenvalue weighted by Crippen LogP contribution is 2.36. The van der Waals surface area contributed by atoms with E-state index in [9.17, 15) is 0 Å². The van der Waals surface area contributed by atoms with Crippen LogP contribution in [-0.2, 0) is 6.54 Å². The summed E-state index contributed by atoms with van der Waals surface area (Å²) in [5.41, 5.74) is 5.82. The zero-order chi connectivity index (χ0) is 15.9. The third kappa shape index (κ3) is 4.64. The monoisotopic (exact) mass is 316 g/mol. The molecule has 0 amide bonds. The summed E-state index contributed by atoms with van der Waals surface area (Å²) in [6.07, 6.45) is 3.74. The molecule has 3 atom stereocenters. The lowest BCUT2D eigenvalue weighted by Gasteiger charge is -2.17. The van der Waals surface area contributed by atoms with E-state index >= 15 is 0 Å². The fourth-order valence-corrected chi connectivity index (χ4v) is 3.65. The summed E-state index contributed by atoms with van der Waals surface area (Å²) >= 11 is 1.82. The molecule has 0 aliphatic carbocycles. The van der Waals surface area contributed by atoms with E-state index < -0.39 is 0 Å². The van der Waals surface area contributed by atoms with Gasteiger partial charge in [0.15, 0.2) is 0 Å². The standard InChI is InChI=1S/C19H28N2S/c1-5-6-7-14(2)15(3)20-12-17-8-10-18(11-9-17)19-16(4)21-13-22-19/h8-11,13-14,16,19-20H,3,5-7,12H2,1-2,4H3/t14-,16+,19+/m0/s1. The van der Waals surface area contributed by atoms with E-state index in [1.165, 1.54) is 30.4 Å². The molecule has 22 heavy (non-hydrogen) atoms. The van der Waals surface area contributed by atoms with Crippen LogP contribution in [0.5, 0.6) is 0 Å². The van der Waals surface area contributed by atoms with Gasteiger partial charge in [-0.05, 0) is 30.4 Å². The number of aliphatic imine (C=N–C) groups is 1. The fourth-order valence-electron chi connectivity index (χ4n) is 2.65. The molecule has 3 heteroatoms. The molecule has 2 nitrogen and oxygen atoms in total. The number of nitrogens with zero attached hydrogens (tertiary/aromatic N) is 1. The van der Waals surface area contributed by atoms with Crippen molar-refractivity contribution in [2.24, 2.45) is 10.9 Å². The molecular weight excluding hydrogens is 288 g/mol. The number of allylic oxidation sites excluding steroid dienone is 1. The zero-order valence-corrected chi connectivity index (χ0v) is 14.8. The second-order valence-electron chi connectivity index (χ2n) is 6.22. The Hall–Kier alpha value is -1.22. The number of thioether (sulfide) groups is 1. The maximum atomic E-state index is 4.43. The Labute approximate surface area is 139 Å². The van der Waals surface area contributed by atoms with Crippen LogP contribution in [0.25, 0.3) is 0 Å². The van der Waals surface area contributed by atoms with Crippen LogP contribution in [-0.4, -0.2) is 11.6 Å². The van der Waals surface area contributed by atoms with Crippen molar-refractivity contribution < 1.29 is 0 Å². The quantitative estimate of drug-likeness (QED) is 0.702. The summed E-state index contributed by atoms with van der Waals surface area (Å²) in [6.45, 7) is 11.7. The molecule has 1 aliphatic heterocycles. The molecule has 0 aromatic heterocycles. The Morgan fingerprint density at radius 2 is 2.09 bits per heavy atom. The molecule has 0 unspecified atom stereocenters. The fraction of sp³-hybridized carbons (Fsp3) is 0.526. The first-order valence-electron chi connectivity index (χ1n) is 8.30. The van der Waals surface area contributed by atoms with Gasteiger partial charge in [0.2, 0.25) is 0 Å². The molecule has 2 rings (SSSR count). The third-order valence-corrected chi connectivity index (χ3v) is 5.56. The summed E-state index contributed by atoms with van der Waals surface area (Å²) in [5.74, 6) is 0.548. The molecule has 1 heterocycles. The topological polar surface area (TPSA) is 24.4 Å². The molecule has 1 aromatic rings. The predicted molar refractivity (Wildman–Crippen MR) is 99.4 cm³/mol. The lowest BCUT2D eigenvalue weighted by atomic mass is 10.0. The van der Waals surface area contributed by atoms with Gasteiger partial charge in [-0.15, -0.1) is 11.8 Å². The second-order valence-corrected chi connectivity index (χ2v) is 7.21. The summed E-state index contributed by atoms with van der Waals surface area (Å²) in [4.78, 5) is 4.43. The van der Waals surface area contributed by atoms with Gasteiger partial charge in [0.1, 0.15) is 0 Å². The Morgan fingerprint density at radius 1 is 1.36 bits per heavy atom. The van der Waals surface area contributed by atoms with Crippen molar-refractivity contribution in [2.45, 2.75) is 57.9 Å². The van der Waals surface area contributed by atoms with Crippen LogP contribution >= 0.6 is 11.8 Å². The van der Waals surface area contributed by atoms with Crippen molar-refractivity contribution in [1.29, 1.82) is 0 Å². The number of unbranched alkanes of at least 4 members (excludes halogenated alkanes) is 1. The van der Waals surface area contributed by atoms with Gasteiger partial charge in [0, 0.05) is 12.2 Å². The molecule has 1 N–H and O–H groups in total. The smallest absolute Gasteiger partial charge is 0.0640 e.